The van der Waals surface area contributed by atoms with E-state index >= 15 is 0 Å². The van der Waals surface area contributed by atoms with Crippen LogP contribution in [0.15, 0.2) is 18.3 Å². The minimum atomic E-state index is 0.490. The molecule has 0 aliphatic heterocycles. The van der Waals surface area contributed by atoms with Crippen LogP contribution in [0.4, 0.5) is 0 Å². The Morgan fingerprint density at radius 2 is 2.37 bits per heavy atom. The van der Waals surface area contributed by atoms with Crippen molar-refractivity contribution in [1.82, 2.24) is 15.3 Å². The Morgan fingerprint density at radius 1 is 1.47 bits per heavy atom. The third-order valence-corrected chi connectivity index (χ3v) is 4.83. The van der Waals surface area contributed by atoms with Crippen molar-refractivity contribution in [2.45, 2.75) is 39.2 Å². The van der Waals surface area contributed by atoms with Crippen LogP contribution >= 0.6 is 11.3 Å². The van der Waals surface area contributed by atoms with Crippen molar-refractivity contribution in [2.24, 2.45) is 0 Å². The van der Waals surface area contributed by atoms with E-state index in [9.17, 15) is 0 Å². The molecule has 0 fully saturated rings. The molecule has 0 aromatic carbocycles. The lowest BCUT2D eigenvalue weighted by Gasteiger charge is -2.21. The number of hydrogen-bond donors (Lipinski definition) is 1. The minimum absolute atomic E-state index is 0.490. The molecule has 2 aromatic rings. The quantitative estimate of drug-likeness (QED) is 0.930. The van der Waals surface area contributed by atoms with E-state index in [1.165, 1.54) is 29.0 Å². The van der Waals surface area contributed by atoms with Gasteiger partial charge in [0.25, 0.3) is 0 Å². The summed E-state index contributed by atoms with van der Waals surface area (Å²) in [5.41, 5.74) is 3.52. The second-order valence-corrected chi connectivity index (χ2v) is 6.03. The van der Waals surface area contributed by atoms with Crippen LogP contribution in [0.5, 0.6) is 0 Å². The van der Waals surface area contributed by atoms with Gasteiger partial charge < -0.3 is 5.32 Å². The van der Waals surface area contributed by atoms with Crippen LogP contribution < -0.4 is 5.32 Å². The van der Waals surface area contributed by atoms with Gasteiger partial charge in [0, 0.05) is 17.1 Å². The van der Waals surface area contributed by atoms with E-state index < -0.39 is 0 Å². The lowest BCUT2D eigenvalue weighted by molar-refractivity contribution is 0.476. The molecule has 19 heavy (non-hydrogen) atoms. The van der Waals surface area contributed by atoms with E-state index in [1.807, 2.05) is 23.6 Å². The lowest BCUT2D eigenvalue weighted by atomic mass is 9.98. The van der Waals surface area contributed by atoms with Crippen LogP contribution in [0.3, 0.4) is 0 Å². The predicted octanol–water partition coefficient (Wildman–Crippen LogP) is 3.50. The van der Waals surface area contributed by atoms with E-state index in [2.05, 4.69) is 30.2 Å². The number of aromatic nitrogens is 2. The normalized spacial score (nSPS) is 18.3. The van der Waals surface area contributed by atoms with E-state index in [1.54, 1.807) is 0 Å². The predicted molar refractivity (Wildman–Crippen MR) is 79.4 cm³/mol. The van der Waals surface area contributed by atoms with Crippen LogP contribution in [-0.2, 0) is 6.42 Å². The molecule has 100 valence electrons. The second-order valence-electron chi connectivity index (χ2n) is 5.00. The maximum Gasteiger partial charge on any atom is 0.142 e. The second kappa shape index (κ2) is 5.39. The van der Waals surface area contributed by atoms with Crippen molar-refractivity contribution in [3.8, 4) is 10.7 Å². The van der Waals surface area contributed by atoms with Crippen LogP contribution in [0.25, 0.3) is 10.7 Å². The number of fused-ring (bicyclic) bond motifs is 1. The van der Waals surface area contributed by atoms with Crippen molar-refractivity contribution >= 4 is 11.3 Å². The molecule has 1 aliphatic rings. The summed E-state index contributed by atoms with van der Waals surface area (Å²) in [5.74, 6) is 0. The van der Waals surface area contributed by atoms with Crippen molar-refractivity contribution in [3.05, 3.63) is 34.5 Å². The molecule has 0 saturated heterocycles. The molecular weight excluding hydrogens is 254 g/mol. The standard InChI is InChI=1S/C15H19N3S/c1-3-16-11-7-4-8-12-14(11)19-15(18-12)13-10(2)6-5-9-17-13/h5-6,9,11,16H,3-4,7-8H2,1-2H3. The summed E-state index contributed by atoms with van der Waals surface area (Å²) in [4.78, 5) is 10.7. The molecule has 2 aromatic heterocycles. The maximum atomic E-state index is 4.83. The van der Waals surface area contributed by atoms with Crippen LogP contribution in [0.2, 0.25) is 0 Å². The van der Waals surface area contributed by atoms with Gasteiger partial charge in [0.1, 0.15) is 10.7 Å². The molecule has 0 saturated carbocycles. The van der Waals surface area contributed by atoms with E-state index in [4.69, 9.17) is 4.98 Å². The molecule has 1 N–H and O–H groups in total. The van der Waals surface area contributed by atoms with Gasteiger partial charge in [0.15, 0.2) is 0 Å². The highest BCUT2D eigenvalue weighted by Crippen LogP contribution is 2.37. The zero-order valence-corrected chi connectivity index (χ0v) is 12.3. The van der Waals surface area contributed by atoms with E-state index in [0.29, 0.717) is 6.04 Å². The molecule has 1 atom stereocenters. The van der Waals surface area contributed by atoms with Gasteiger partial charge in [-0.15, -0.1) is 11.3 Å². The first-order valence-electron chi connectivity index (χ1n) is 6.94. The highest BCUT2D eigenvalue weighted by atomic mass is 32.1. The largest absolute Gasteiger partial charge is 0.309 e. The molecule has 0 radical (unpaired) electrons. The topological polar surface area (TPSA) is 37.8 Å². The first-order valence-corrected chi connectivity index (χ1v) is 7.76. The number of aryl methyl sites for hydroxylation is 2. The fourth-order valence-electron chi connectivity index (χ4n) is 2.67. The summed E-state index contributed by atoms with van der Waals surface area (Å²) in [6, 6.07) is 4.57. The Bertz CT molecular complexity index is 577. The third-order valence-electron chi connectivity index (χ3n) is 3.61. The summed E-state index contributed by atoms with van der Waals surface area (Å²) in [6.07, 6.45) is 5.42. The molecule has 1 aliphatic carbocycles. The fraction of sp³-hybridized carbons (Fsp3) is 0.467. The number of rotatable bonds is 3. The monoisotopic (exact) mass is 273 g/mol. The van der Waals surface area contributed by atoms with Crippen molar-refractivity contribution in [1.29, 1.82) is 0 Å². The zero-order valence-electron chi connectivity index (χ0n) is 11.4. The van der Waals surface area contributed by atoms with E-state index in [-0.39, 0.29) is 0 Å². The minimum Gasteiger partial charge on any atom is -0.309 e. The van der Waals surface area contributed by atoms with Gasteiger partial charge in [-0.05, 0) is 44.4 Å². The zero-order chi connectivity index (χ0) is 13.2. The Balaban J connectivity index is 2.00. The third kappa shape index (κ3) is 2.42. The molecular formula is C15H19N3S. The number of nitrogens with zero attached hydrogens (tertiary/aromatic N) is 2. The highest BCUT2D eigenvalue weighted by Gasteiger charge is 2.24. The Labute approximate surface area is 118 Å². The summed E-state index contributed by atoms with van der Waals surface area (Å²) in [5, 5.41) is 4.65. The van der Waals surface area contributed by atoms with Gasteiger partial charge in [0.05, 0.1) is 5.69 Å². The Kier molecular flexibility index (Phi) is 3.62. The Hall–Kier alpha value is -1.26. The summed E-state index contributed by atoms with van der Waals surface area (Å²) in [6.45, 7) is 5.28. The number of nitrogens with one attached hydrogen (secondary N) is 1. The van der Waals surface area contributed by atoms with Crippen molar-refractivity contribution in [2.75, 3.05) is 6.54 Å². The Morgan fingerprint density at radius 3 is 3.16 bits per heavy atom. The first-order chi connectivity index (χ1) is 9.29. The van der Waals surface area contributed by atoms with Crippen LogP contribution in [-0.4, -0.2) is 16.5 Å². The molecule has 0 spiro atoms. The fourth-order valence-corrected chi connectivity index (χ4v) is 3.96. The average molecular weight is 273 g/mol. The molecule has 0 amide bonds. The molecule has 3 rings (SSSR count). The van der Waals surface area contributed by atoms with Gasteiger partial charge in [0.2, 0.25) is 0 Å². The molecule has 0 bridgehead atoms. The lowest BCUT2D eigenvalue weighted by Crippen LogP contribution is -2.23. The van der Waals surface area contributed by atoms with Gasteiger partial charge in [-0.2, -0.15) is 0 Å². The highest BCUT2D eigenvalue weighted by molar-refractivity contribution is 7.15. The smallest absolute Gasteiger partial charge is 0.142 e. The molecule has 4 heteroatoms. The van der Waals surface area contributed by atoms with Crippen LogP contribution in [0.1, 0.15) is 41.9 Å². The van der Waals surface area contributed by atoms with Crippen LogP contribution in [0, 0.1) is 6.92 Å². The summed E-state index contributed by atoms with van der Waals surface area (Å²) < 4.78 is 0. The van der Waals surface area contributed by atoms with Gasteiger partial charge in [-0.3, -0.25) is 4.98 Å². The van der Waals surface area contributed by atoms with Gasteiger partial charge in [-0.25, -0.2) is 4.98 Å². The average Bonchev–Trinajstić information content (AvgIpc) is 2.84. The number of hydrogen-bond acceptors (Lipinski definition) is 4. The summed E-state index contributed by atoms with van der Waals surface area (Å²) >= 11 is 1.81. The number of thiazole rings is 1. The van der Waals surface area contributed by atoms with Crippen molar-refractivity contribution in [3.63, 3.8) is 0 Å². The summed E-state index contributed by atoms with van der Waals surface area (Å²) in [7, 11) is 0. The molecule has 1 unspecified atom stereocenters. The SMILES string of the molecule is CCNC1CCCc2nc(-c3ncccc3C)sc21. The number of pyridine rings is 1. The van der Waals surface area contributed by atoms with E-state index in [0.717, 1.165) is 23.7 Å². The van der Waals surface area contributed by atoms with Gasteiger partial charge in [-0.1, -0.05) is 13.0 Å². The van der Waals surface area contributed by atoms with Gasteiger partial charge >= 0.3 is 0 Å². The first kappa shape index (κ1) is 12.8. The molecule has 2 heterocycles. The van der Waals surface area contributed by atoms with Crippen molar-refractivity contribution < 1.29 is 0 Å². The molecule has 3 nitrogen and oxygen atoms in total. The maximum absolute atomic E-state index is 4.83.